The van der Waals surface area contributed by atoms with E-state index in [1.54, 1.807) is 17.5 Å². The number of nitrogens with one attached hydrogen (secondary N) is 1. The number of amides is 1. The average Bonchev–Trinajstić information content (AvgIpc) is 3.55. The van der Waals surface area contributed by atoms with Gasteiger partial charge in [-0.15, -0.1) is 11.3 Å². The van der Waals surface area contributed by atoms with Gasteiger partial charge in [0, 0.05) is 42.3 Å². The van der Waals surface area contributed by atoms with Crippen LogP contribution in [0.25, 0.3) is 11.3 Å². The topological polar surface area (TPSA) is 72.3 Å². The smallest absolute Gasteiger partial charge is 0.370 e. The summed E-state index contributed by atoms with van der Waals surface area (Å²) in [5.74, 6) is -0.0448. The fourth-order valence-electron chi connectivity index (χ4n) is 5.72. The summed E-state index contributed by atoms with van der Waals surface area (Å²) in [6.45, 7) is 4.61. The van der Waals surface area contributed by atoms with Gasteiger partial charge in [-0.25, -0.2) is 0 Å². The molecule has 0 aliphatic carbocycles. The number of hydrogen-bond donors (Lipinski definition) is 1. The van der Waals surface area contributed by atoms with Crippen molar-refractivity contribution in [3.63, 3.8) is 0 Å². The normalized spacial score (nSPS) is 19.6. The molecule has 2 aromatic heterocycles. The molecule has 2 fully saturated rings. The van der Waals surface area contributed by atoms with E-state index in [0.29, 0.717) is 31.6 Å². The van der Waals surface area contributed by atoms with E-state index in [-0.39, 0.29) is 17.5 Å². The molecule has 6 nitrogen and oxygen atoms in total. The first-order chi connectivity index (χ1) is 18.6. The van der Waals surface area contributed by atoms with Crippen LogP contribution in [0, 0.1) is 18.3 Å². The summed E-state index contributed by atoms with van der Waals surface area (Å²) >= 11 is 1.66. The molecule has 0 bridgehead atoms. The molecular weight excluding hydrogens is 523 g/mol. The molecule has 10 heteroatoms. The minimum absolute atomic E-state index is 0.0204. The van der Waals surface area contributed by atoms with Gasteiger partial charge in [0.05, 0.1) is 27.9 Å². The fraction of sp³-hybridized carbons (Fsp3) is 0.414. The highest BCUT2D eigenvalue weighted by Gasteiger charge is 2.44. The zero-order valence-electron chi connectivity index (χ0n) is 21.9. The molecule has 5 rings (SSSR count). The molecule has 0 unspecified atom stereocenters. The number of likely N-dealkylation sites (tertiary alicyclic amines) is 1. The standard InChI is InChI=1S/C29H30F3N5OS/c1-19-24(8-14-39-19)25-5-3-22(17-34-25)28(27(38)35-23-7-11-36(2)18-23)9-12-37(13-10-28)26-6-4-21(29(30,31)32)15-20(26)16-33/h3-6,8,14-15,17,23H,7,9-13,18H2,1-2H3,(H,35,38)/t23-/m0/s1. The van der Waals surface area contributed by atoms with E-state index in [4.69, 9.17) is 4.98 Å². The molecule has 0 spiro atoms. The summed E-state index contributed by atoms with van der Waals surface area (Å²) in [4.78, 5) is 23.9. The predicted molar refractivity (Wildman–Crippen MR) is 146 cm³/mol. The number of piperidine rings is 1. The Labute approximate surface area is 230 Å². The maximum absolute atomic E-state index is 13.9. The van der Waals surface area contributed by atoms with Crippen molar-refractivity contribution in [3.05, 3.63) is 69.5 Å². The van der Waals surface area contributed by atoms with Crippen LogP contribution in [0.1, 0.15) is 40.8 Å². The number of carbonyl (C=O) groups is 1. The molecular formula is C29H30F3N5OS. The van der Waals surface area contributed by atoms with E-state index in [1.165, 1.54) is 10.9 Å². The number of nitriles is 1. The molecule has 39 heavy (non-hydrogen) atoms. The second kappa shape index (κ2) is 10.6. The summed E-state index contributed by atoms with van der Waals surface area (Å²) in [7, 11) is 2.03. The van der Waals surface area contributed by atoms with Gasteiger partial charge in [-0.2, -0.15) is 18.4 Å². The van der Waals surface area contributed by atoms with E-state index in [9.17, 15) is 23.2 Å². The lowest BCUT2D eigenvalue weighted by atomic mass is 9.72. The van der Waals surface area contributed by atoms with Gasteiger partial charge in [0.2, 0.25) is 5.91 Å². The number of thiophene rings is 1. The first kappa shape index (κ1) is 27.2. The number of aromatic nitrogens is 1. The van der Waals surface area contributed by atoms with Gasteiger partial charge < -0.3 is 15.1 Å². The van der Waals surface area contributed by atoms with Gasteiger partial charge in [-0.05, 0) is 81.1 Å². The molecule has 1 amide bonds. The number of pyridine rings is 1. The van der Waals surface area contributed by atoms with Crippen molar-refractivity contribution in [2.24, 2.45) is 0 Å². The second-order valence-corrected chi connectivity index (χ2v) is 11.6. The largest absolute Gasteiger partial charge is 0.416 e. The van der Waals surface area contributed by atoms with Gasteiger partial charge in [0.25, 0.3) is 0 Å². The van der Waals surface area contributed by atoms with E-state index in [2.05, 4.69) is 17.1 Å². The molecule has 4 heterocycles. The van der Waals surface area contributed by atoms with Crippen LogP contribution in [0.4, 0.5) is 18.9 Å². The minimum atomic E-state index is -4.52. The van der Waals surface area contributed by atoms with Gasteiger partial charge in [-0.1, -0.05) is 6.07 Å². The Morgan fingerprint density at radius 1 is 1.18 bits per heavy atom. The quantitative estimate of drug-likeness (QED) is 0.460. The van der Waals surface area contributed by atoms with Gasteiger partial charge in [-0.3, -0.25) is 9.78 Å². The Hall–Kier alpha value is -3.42. The van der Waals surface area contributed by atoms with Gasteiger partial charge in [0.1, 0.15) is 6.07 Å². The van der Waals surface area contributed by atoms with Crippen molar-refractivity contribution in [1.29, 1.82) is 5.26 Å². The molecule has 0 saturated carbocycles. The first-order valence-corrected chi connectivity index (χ1v) is 13.9. The van der Waals surface area contributed by atoms with Crippen LogP contribution in [-0.2, 0) is 16.4 Å². The van der Waals surface area contributed by atoms with Gasteiger partial charge in [0.15, 0.2) is 0 Å². The number of likely N-dealkylation sites (N-methyl/N-ethyl adjacent to an activating group) is 1. The Morgan fingerprint density at radius 2 is 1.95 bits per heavy atom. The highest BCUT2D eigenvalue weighted by molar-refractivity contribution is 7.10. The summed E-state index contributed by atoms with van der Waals surface area (Å²) < 4.78 is 39.6. The van der Waals surface area contributed by atoms with Crippen LogP contribution in [0.5, 0.6) is 0 Å². The summed E-state index contributed by atoms with van der Waals surface area (Å²) in [5, 5.41) is 14.9. The van der Waals surface area contributed by atoms with E-state index < -0.39 is 17.2 Å². The van der Waals surface area contributed by atoms with Crippen molar-refractivity contribution in [3.8, 4) is 17.3 Å². The molecule has 2 aliphatic rings. The Kier molecular flexibility index (Phi) is 7.40. The number of alkyl halides is 3. The highest BCUT2D eigenvalue weighted by atomic mass is 32.1. The lowest BCUT2D eigenvalue weighted by molar-refractivity contribution is -0.137. The number of rotatable bonds is 5. The molecule has 0 radical (unpaired) electrons. The van der Waals surface area contributed by atoms with E-state index in [1.807, 2.05) is 41.6 Å². The maximum atomic E-state index is 13.9. The Bertz CT molecular complexity index is 1390. The van der Waals surface area contributed by atoms with E-state index >= 15 is 0 Å². The lowest BCUT2D eigenvalue weighted by Gasteiger charge is -2.42. The monoisotopic (exact) mass is 553 g/mol. The maximum Gasteiger partial charge on any atom is 0.416 e. The molecule has 3 aromatic rings. The SMILES string of the molecule is Cc1sccc1-c1ccc(C2(C(=O)N[C@H]3CCN(C)C3)CCN(c3ccc(C(F)(F)F)cc3C#N)CC2)cn1. The van der Waals surface area contributed by atoms with Gasteiger partial charge >= 0.3 is 6.18 Å². The number of aryl methyl sites for hydroxylation is 1. The molecule has 204 valence electrons. The van der Waals surface area contributed by atoms with Crippen molar-refractivity contribution >= 4 is 22.9 Å². The third kappa shape index (κ3) is 5.38. The number of benzene rings is 1. The molecule has 1 N–H and O–H groups in total. The zero-order chi connectivity index (χ0) is 27.8. The summed E-state index contributed by atoms with van der Waals surface area (Å²) in [6, 6.07) is 11.2. The molecule has 2 aliphatic heterocycles. The molecule has 1 atom stereocenters. The lowest BCUT2D eigenvalue weighted by Crippen LogP contribution is -2.54. The van der Waals surface area contributed by atoms with Crippen molar-refractivity contribution < 1.29 is 18.0 Å². The van der Waals surface area contributed by atoms with E-state index in [0.717, 1.165) is 48.5 Å². The fourth-order valence-corrected chi connectivity index (χ4v) is 6.43. The van der Waals surface area contributed by atoms with Crippen LogP contribution < -0.4 is 10.2 Å². The number of hydrogen-bond acceptors (Lipinski definition) is 6. The van der Waals surface area contributed by atoms with Crippen molar-refractivity contribution in [2.75, 3.05) is 38.1 Å². The average molecular weight is 554 g/mol. The minimum Gasteiger partial charge on any atom is -0.370 e. The Balaban J connectivity index is 1.43. The van der Waals surface area contributed by atoms with Crippen LogP contribution in [0.2, 0.25) is 0 Å². The van der Waals surface area contributed by atoms with Crippen LogP contribution in [0.3, 0.4) is 0 Å². The second-order valence-electron chi connectivity index (χ2n) is 10.5. The van der Waals surface area contributed by atoms with Crippen LogP contribution >= 0.6 is 11.3 Å². The highest BCUT2D eigenvalue weighted by Crippen LogP contribution is 2.40. The summed E-state index contributed by atoms with van der Waals surface area (Å²) in [5.41, 5.74) is 1.52. The number of anilines is 1. The molecule has 1 aromatic carbocycles. The zero-order valence-corrected chi connectivity index (χ0v) is 22.7. The molecule has 2 saturated heterocycles. The van der Waals surface area contributed by atoms with Crippen LogP contribution in [0.15, 0.2) is 48.0 Å². The first-order valence-electron chi connectivity index (χ1n) is 13.0. The van der Waals surface area contributed by atoms with Crippen LogP contribution in [-0.4, -0.2) is 55.1 Å². The van der Waals surface area contributed by atoms with Crippen molar-refractivity contribution in [2.45, 2.75) is 43.8 Å². The summed E-state index contributed by atoms with van der Waals surface area (Å²) in [6.07, 6.45) is -0.941. The third-order valence-electron chi connectivity index (χ3n) is 8.01. The predicted octanol–water partition coefficient (Wildman–Crippen LogP) is 5.37. The number of carbonyl (C=O) groups excluding carboxylic acids is 1. The Morgan fingerprint density at radius 3 is 2.51 bits per heavy atom. The van der Waals surface area contributed by atoms with Crippen molar-refractivity contribution in [1.82, 2.24) is 15.2 Å². The number of halogens is 3. The number of nitrogens with zero attached hydrogens (tertiary/aromatic N) is 4. The third-order valence-corrected chi connectivity index (χ3v) is 8.86.